The van der Waals surface area contributed by atoms with Gasteiger partial charge in [0.05, 0.1) is 0 Å². The summed E-state index contributed by atoms with van der Waals surface area (Å²) in [7, 11) is 0. The molecule has 0 radical (unpaired) electrons. The summed E-state index contributed by atoms with van der Waals surface area (Å²) >= 11 is 0. The van der Waals surface area contributed by atoms with Crippen LogP contribution in [0.5, 0.6) is 0 Å². The van der Waals surface area contributed by atoms with Gasteiger partial charge in [0.15, 0.2) is 0 Å². The molecule has 1 aliphatic carbocycles. The molecule has 0 saturated carbocycles. The maximum atomic E-state index is 2.21. The Balaban J connectivity index is 0. The van der Waals surface area contributed by atoms with Crippen molar-refractivity contribution in [1.82, 2.24) is 0 Å². The van der Waals surface area contributed by atoms with Crippen LogP contribution in [0.15, 0.2) is 11.6 Å². The molecule has 0 amide bonds. The van der Waals surface area contributed by atoms with Gasteiger partial charge >= 0.3 is 18.9 Å². The van der Waals surface area contributed by atoms with Gasteiger partial charge in [-0.15, -0.1) is 0 Å². The molecule has 0 atom stereocenters. The van der Waals surface area contributed by atoms with E-state index >= 15 is 0 Å². The van der Waals surface area contributed by atoms with E-state index in [1.54, 1.807) is 5.57 Å². The van der Waals surface area contributed by atoms with Crippen LogP contribution in [0.2, 0.25) is 0 Å². The molecule has 0 aromatic carbocycles. The van der Waals surface area contributed by atoms with Crippen LogP contribution in [0.3, 0.4) is 0 Å². The Labute approximate surface area is 45.9 Å². The van der Waals surface area contributed by atoms with Crippen LogP contribution in [0.25, 0.3) is 0 Å². The molecule has 0 aliphatic heterocycles. The molecule has 0 spiro atoms. The van der Waals surface area contributed by atoms with Crippen molar-refractivity contribution < 1.29 is 20.3 Å². The van der Waals surface area contributed by atoms with Crippen molar-refractivity contribution >= 4 is 0 Å². The minimum absolute atomic E-state index is 0. The predicted molar refractivity (Wildman–Crippen MR) is 19.5 cm³/mol. The molecule has 0 aromatic heterocycles. The van der Waals surface area contributed by atoms with Crippen LogP contribution < -0.4 is 18.9 Å². The van der Waals surface area contributed by atoms with Gasteiger partial charge in [-0.1, -0.05) is 11.6 Å². The van der Waals surface area contributed by atoms with E-state index in [1.165, 1.54) is 6.42 Å². The van der Waals surface area contributed by atoms with Crippen molar-refractivity contribution in [2.24, 2.45) is 0 Å². The van der Waals surface area contributed by atoms with E-state index in [4.69, 9.17) is 0 Å². The van der Waals surface area contributed by atoms with Gasteiger partial charge in [0.2, 0.25) is 0 Å². The van der Waals surface area contributed by atoms with E-state index in [0.29, 0.717) is 0 Å². The van der Waals surface area contributed by atoms with Gasteiger partial charge in [0.1, 0.15) is 0 Å². The van der Waals surface area contributed by atoms with Crippen LogP contribution in [0.4, 0.5) is 0 Å². The van der Waals surface area contributed by atoms with Crippen molar-refractivity contribution in [3.63, 3.8) is 0 Å². The summed E-state index contributed by atoms with van der Waals surface area (Å²) in [6.45, 7) is 2.14. The minimum Gasteiger partial charge on any atom is -1.00 e. The van der Waals surface area contributed by atoms with Crippen LogP contribution in [-0.2, 0) is 0 Å². The molecule has 0 bridgehead atoms. The second-order valence-corrected chi connectivity index (χ2v) is 1.25. The Morgan fingerprint density at radius 1 is 2.00 bits per heavy atom. The molecule has 1 aliphatic rings. The van der Waals surface area contributed by atoms with Crippen molar-refractivity contribution in [3.8, 4) is 0 Å². The molecular weight excluding hydrogens is 55.0 g/mol. The number of allylic oxidation sites excluding steroid dienone is 2. The second-order valence-electron chi connectivity index (χ2n) is 1.25. The molecule has 0 nitrogen and oxygen atoms in total. The minimum atomic E-state index is 0. The van der Waals surface area contributed by atoms with Crippen molar-refractivity contribution in [1.29, 1.82) is 0 Å². The molecular formula is C4H7Li. The van der Waals surface area contributed by atoms with Gasteiger partial charge in [-0.3, -0.25) is 0 Å². The standard InChI is InChI=1S/C4H6.Li.H/c1-4-2-3-4;;/h2H,3H2,1H3;;/q;+1;-1. The van der Waals surface area contributed by atoms with Gasteiger partial charge < -0.3 is 1.43 Å². The maximum Gasteiger partial charge on any atom is 1.00 e. The molecule has 5 heavy (non-hydrogen) atoms. The van der Waals surface area contributed by atoms with Crippen molar-refractivity contribution in [2.75, 3.05) is 0 Å². The number of hydrogen-bond donors (Lipinski definition) is 0. The summed E-state index contributed by atoms with van der Waals surface area (Å²) in [4.78, 5) is 0. The third-order valence-electron chi connectivity index (χ3n) is 0.612. The fourth-order valence-corrected chi connectivity index (χ4v) is 0.102. The van der Waals surface area contributed by atoms with Gasteiger partial charge in [0.25, 0.3) is 0 Å². The van der Waals surface area contributed by atoms with Gasteiger partial charge in [-0.25, -0.2) is 0 Å². The quantitative estimate of drug-likeness (QED) is 0.235. The van der Waals surface area contributed by atoms with Gasteiger partial charge in [0, 0.05) is 0 Å². The molecule has 0 aromatic rings. The van der Waals surface area contributed by atoms with E-state index in [2.05, 4.69) is 13.0 Å². The van der Waals surface area contributed by atoms with Crippen LogP contribution in [0, 0.1) is 0 Å². The number of rotatable bonds is 0. The zero-order chi connectivity index (χ0) is 2.99. The van der Waals surface area contributed by atoms with Gasteiger partial charge in [-0.05, 0) is 13.3 Å². The Morgan fingerprint density at radius 3 is 2.20 bits per heavy atom. The summed E-state index contributed by atoms with van der Waals surface area (Å²) in [5.74, 6) is 0. The third kappa shape index (κ3) is 2.13. The van der Waals surface area contributed by atoms with E-state index in [1.807, 2.05) is 0 Å². The smallest absolute Gasteiger partial charge is 1.00 e. The molecule has 1 heteroatoms. The Bertz CT molecular complexity index is 58.6. The van der Waals surface area contributed by atoms with E-state index in [-0.39, 0.29) is 20.3 Å². The Kier molecular flexibility index (Phi) is 1.81. The average molecular weight is 62.0 g/mol. The molecule has 0 saturated heterocycles. The van der Waals surface area contributed by atoms with E-state index in [0.717, 1.165) is 0 Å². The van der Waals surface area contributed by atoms with Crippen LogP contribution in [-0.4, -0.2) is 0 Å². The maximum absolute atomic E-state index is 2.21. The van der Waals surface area contributed by atoms with Crippen molar-refractivity contribution in [2.45, 2.75) is 13.3 Å². The van der Waals surface area contributed by atoms with E-state index < -0.39 is 0 Å². The molecule has 1 rings (SSSR count). The largest absolute Gasteiger partial charge is 1.00 e. The summed E-state index contributed by atoms with van der Waals surface area (Å²) < 4.78 is 0. The Morgan fingerprint density at radius 2 is 2.20 bits per heavy atom. The zero-order valence-corrected chi connectivity index (χ0v) is 3.78. The van der Waals surface area contributed by atoms with E-state index in [9.17, 15) is 0 Å². The SMILES string of the molecule is CC1=CC1.[H-].[Li+]. The van der Waals surface area contributed by atoms with Crippen LogP contribution >= 0.6 is 0 Å². The number of hydrogen-bond acceptors (Lipinski definition) is 0. The molecule has 0 fully saturated rings. The molecule has 0 heterocycles. The third-order valence-corrected chi connectivity index (χ3v) is 0.612. The molecule has 0 N–H and O–H groups in total. The predicted octanol–water partition coefficient (Wildman–Crippen LogP) is -1.55. The molecule has 24 valence electrons. The van der Waals surface area contributed by atoms with Crippen molar-refractivity contribution in [3.05, 3.63) is 11.6 Å². The topological polar surface area (TPSA) is 0 Å². The summed E-state index contributed by atoms with van der Waals surface area (Å²) in [6.07, 6.45) is 3.49. The normalized spacial score (nSPS) is 15.8. The first-order chi connectivity index (χ1) is 1.89. The first-order valence-corrected chi connectivity index (χ1v) is 1.55. The zero-order valence-electron chi connectivity index (χ0n) is 4.78. The monoisotopic (exact) mass is 62.1 g/mol. The van der Waals surface area contributed by atoms with Gasteiger partial charge in [-0.2, -0.15) is 0 Å². The summed E-state index contributed by atoms with van der Waals surface area (Å²) in [5, 5.41) is 0. The fourth-order valence-electron chi connectivity index (χ4n) is 0.102. The second kappa shape index (κ2) is 1.70. The fraction of sp³-hybridized carbons (Fsp3) is 0.500. The van der Waals surface area contributed by atoms with Crippen LogP contribution in [0.1, 0.15) is 14.8 Å². The average Bonchev–Trinajstić information content (AvgIpc) is 1.75. The summed E-state index contributed by atoms with van der Waals surface area (Å²) in [6, 6.07) is 0. The summed E-state index contributed by atoms with van der Waals surface area (Å²) in [5.41, 5.74) is 1.54. The Hall–Kier alpha value is 0.337. The molecule has 0 unspecified atom stereocenters. The first kappa shape index (κ1) is 5.34. The first-order valence-electron chi connectivity index (χ1n) is 1.55.